The van der Waals surface area contributed by atoms with Crippen LogP contribution >= 0.6 is 0 Å². The van der Waals surface area contributed by atoms with E-state index in [2.05, 4.69) is 10.3 Å². The van der Waals surface area contributed by atoms with Gasteiger partial charge in [0.2, 0.25) is 5.91 Å². The number of imidazole rings is 1. The Hall–Kier alpha value is -1.89. The van der Waals surface area contributed by atoms with Gasteiger partial charge in [0.1, 0.15) is 5.60 Å². The molecule has 2 aliphatic rings. The maximum atomic E-state index is 12.6. The van der Waals surface area contributed by atoms with Crippen molar-refractivity contribution in [3.8, 4) is 0 Å². The van der Waals surface area contributed by atoms with Crippen molar-refractivity contribution in [3.63, 3.8) is 0 Å². The fourth-order valence-corrected chi connectivity index (χ4v) is 3.63. The lowest BCUT2D eigenvalue weighted by Crippen LogP contribution is -2.42. The van der Waals surface area contributed by atoms with Crippen LogP contribution in [-0.4, -0.2) is 40.7 Å². The third kappa shape index (κ3) is 3.24. The van der Waals surface area contributed by atoms with E-state index in [0.717, 1.165) is 31.4 Å². The summed E-state index contributed by atoms with van der Waals surface area (Å²) in [5.41, 5.74) is 0.360. The van der Waals surface area contributed by atoms with Gasteiger partial charge in [-0.15, -0.1) is 0 Å². The third-order valence-electron chi connectivity index (χ3n) is 4.87. The van der Waals surface area contributed by atoms with Gasteiger partial charge in [-0.3, -0.25) is 9.59 Å². The number of hydrogen-bond donors (Lipinski definition) is 1. The second-order valence-electron chi connectivity index (χ2n) is 6.29. The topological polar surface area (TPSA) is 82.5 Å². The van der Waals surface area contributed by atoms with Crippen LogP contribution in [0.4, 0.5) is 0 Å². The molecule has 0 bridgehead atoms. The van der Waals surface area contributed by atoms with Gasteiger partial charge in [-0.25, -0.2) is 4.98 Å². The molecule has 2 heterocycles. The minimum atomic E-state index is -0.558. The average Bonchev–Trinajstić information content (AvgIpc) is 3.24. The molecule has 23 heavy (non-hydrogen) atoms. The number of nitrogens with zero attached hydrogens (tertiary/aromatic N) is 2. The summed E-state index contributed by atoms with van der Waals surface area (Å²) in [5, 5.41) is 2.94. The number of nitrogens with one attached hydrogen (secondary N) is 1. The first-order chi connectivity index (χ1) is 11.1. The van der Waals surface area contributed by atoms with Crippen molar-refractivity contribution < 1.29 is 19.1 Å². The minimum absolute atomic E-state index is 0.0998. The van der Waals surface area contributed by atoms with Crippen molar-refractivity contribution in [2.75, 3.05) is 13.7 Å². The molecule has 7 heteroatoms. The van der Waals surface area contributed by atoms with Crippen molar-refractivity contribution >= 4 is 11.9 Å². The van der Waals surface area contributed by atoms with E-state index in [1.165, 1.54) is 0 Å². The fraction of sp³-hybridized carbons (Fsp3) is 0.688. The molecule has 1 aliphatic carbocycles. The molecule has 0 aromatic carbocycles. The molecule has 2 fully saturated rings. The summed E-state index contributed by atoms with van der Waals surface area (Å²) < 4.78 is 12.5. The van der Waals surface area contributed by atoms with E-state index in [4.69, 9.17) is 9.47 Å². The van der Waals surface area contributed by atoms with Gasteiger partial charge in [0.15, 0.2) is 0 Å². The lowest BCUT2D eigenvalue weighted by atomic mass is 9.85. The van der Waals surface area contributed by atoms with Crippen molar-refractivity contribution in [1.29, 1.82) is 0 Å². The fourth-order valence-electron chi connectivity index (χ4n) is 3.63. The summed E-state index contributed by atoms with van der Waals surface area (Å²) >= 11 is 0. The molecular weight excluding hydrogens is 298 g/mol. The normalized spacial score (nSPS) is 22.5. The van der Waals surface area contributed by atoms with Gasteiger partial charge in [-0.2, -0.15) is 0 Å². The molecular formula is C16H23N3O4. The number of ether oxygens (including phenoxy) is 2. The first-order valence-corrected chi connectivity index (χ1v) is 8.12. The zero-order valence-corrected chi connectivity index (χ0v) is 13.4. The first-order valence-electron chi connectivity index (χ1n) is 8.12. The summed E-state index contributed by atoms with van der Waals surface area (Å²) in [6.45, 7) is 1.67. The average molecular weight is 321 g/mol. The number of rotatable bonds is 6. The molecule has 1 spiro atoms. The SMILES string of the molecule is COCCn1cncc1CNC(=O)[C@@H]1CC(=O)OC12CCCC2. The minimum Gasteiger partial charge on any atom is -0.458 e. The van der Waals surface area contributed by atoms with E-state index < -0.39 is 5.60 Å². The zero-order chi connectivity index (χ0) is 16.3. The third-order valence-corrected chi connectivity index (χ3v) is 4.87. The van der Waals surface area contributed by atoms with Crippen LogP contribution < -0.4 is 5.32 Å². The van der Waals surface area contributed by atoms with Crippen LogP contribution in [-0.2, 0) is 32.2 Å². The van der Waals surface area contributed by atoms with Gasteiger partial charge in [0, 0.05) is 19.9 Å². The summed E-state index contributed by atoms with van der Waals surface area (Å²) in [7, 11) is 1.65. The quantitative estimate of drug-likeness (QED) is 0.791. The maximum Gasteiger partial charge on any atom is 0.307 e. The highest BCUT2D eigenvalue weighted by molar-refractivity contribution is 5.87. The van der Waals surface area contributed by atoms with E-state index in [1.54, 1.807) is 19.6 Å². The Morgan fingerprint density at radius 3 is 3.04 bits per heavy atom. The van der Waals surface area contributed by atoms with Crippen molar-refractivity contribution in [1.82, 2.24) is 14.9 Å². The Morgan fingerprint density at radius 1 is 1.52 bits per heavy atom. The largest absolute Gasteiger partial charge is 0.458 e. The standard InChI is InChI=1S/C16H23N3O4/c1-22-7-6-19-11-17-9-12(19)10-18-15(21)13-8-14(20)23-16(13)4-2-3-5-16/h9,11,13H,2-8,10H2,1H3,(H,18,21)/t13-/m0/s1. The number of hydrogen-bond acceptors (Lipinski definition) is 5. The molecule has 1 amide bonds. The summed E-state index contributed by atoms with van der Waals surface area (Å²) in [5.74, 6) is -0.720. The van der Waals surface area contributed by atoms with Crippen LogP contribution in [0.1, 0.15) is 37.8 Å². The van der Waals surface area contributed by atoms with Crippen LogP contribution in [0.15, 0.2) is 12.5 Å². The molecule has 1 aromatic heterocycles. The molecule has 3 rings (SSSR count). The smallest absolute Gasteiger partial charge is 0.307 e. The predicted octanol–water partition coefficient (Wildman–Crippen LogP) is 1.02. The van der Waals surface area contributed by atoms with Crippen LogP contribution in [0, 0.1) is 5.92 Å². The number of amides is 1. The zero-order valence-electron chi connectivity index (χ0n) is 13.4. The number of esters is 1. The summed E-state index contributed by atoms with van der Waals surface area (Å²) in [6.07, 6.45) is 7.26. The molecule has 1 aliphatic heterocycles. The molecule has 1 aromatic rings. The second-order valence-corrected chi connectivity index (χ2v) is 6.29. The molecule has 1 atom stereocenters. The molecule has 1 N–H and O–H groups in total. The van der Waals surface area contributed by atoms with Crippen LogP contribution in [0.25, 0.3) is 0 Å². The van der Waals surface area contributed by atoms with Crippen LogP contribution in [0.2, 0.25) is 0 Å². The Balaban J connectivity index is 1.61. The summed E-state index contributed by atoms with van der Waals surface area (Å²) in [4.78, 5) is 28.4. The highest BCUT2D eigenvalue weighted by atomic mass is 16.6. The highest BCUT2D eigenvalue weighted by Crippen LogP contribution is 2.45. The Morgan fingerprint density at radius 2 is 2.30 bits per heavy atom. The lowest BCUT2D eigenvalue weighted by Gasteiger charge is -2.27. The maximum absolute atomic E-state index is 12.6. The Bertz CT molecular complexity index is 578. The van der Waals surface area contributed by atoms with Gasteiger partial charge < -0.3 is 19.4 Å². The van der Waals surface area contributed by atoms with Crippen LogP contribution in [0.3, 0.4) is 0 Å². The summed E-state index contributed by atoms with van der Waals surface area (Å²) in [6, 6.07) is 0. The molecule has 0 unspecified atom stereocenters. The second kappa shape index (κ2) is 6.70. The van der Waals surface area contributed by atoms with E-state index in [1.807, 2.05) is 4.57 Å². The van der Waals surface area contributed by atoms with E-state index in [0.29, 0.717) is 19.7 Å². The van der Waals surface area contributed by atoms with Gasteiger partial charge in [0.25, 0.3) is 0 Å². The lowest BCUT2D eigenvalue weighted by molar-refractivity contribution is -0.150. The first kappa shape index (κ1) is 16.0. The molecule has 0 radical (unpaired) electrons. The van der Waals surface area contributed by atoms with Crippen molar-refractivity contribution in [2.45, 2.75) is 50.8 Å². The Labute approximate surface area is 135 Å². The number of aromatic nitrogens is 2. The molecule has 126 valence electrons. The van der Waals surface area contributed by atoms with Gasteiger partial charge in [-0.05, 0) is 25.7 Å². The highest BCUT2D eigenvalue weighted by Gasteiger charge is 2.53. The van der Waals surface area contributed by atoms with Gasteiger partial charge in [0.05, 0.1) is 37.5 Å². The molecule has 1 saturated carbocycles. The van der Waals surface area contributed by atoms with E-state index in [-0.39, 0.29) is 24.2 Å². The number of carbonyl (C=O) groups is 2. The predicted molar refractivity (Wildman–Crippen MR) is 81.3 cm³/mol. The number of methoxy groups -OCH3 is 1. The van der Waals surface area contributed by atoms with E-state index in [9.17, 15) is 9.59 Å². The number of carbonyl (C=O) groups excluding carboxylic acids is 2. The monoisotopic (exact) mass is 321 g/mol. The van der Waals surface area contributed by atoms with E-state index >= 15 is 0 Å². The molecule has 1 saturated heterocycles. The van der Waals surface area contributed by atoms with Crippen molar-refractivity contribution in [3.05, 3.63) is 18.2 Å². The van der Waals surface area contributed by atoms with Crippen LogP contribution in [0.5, 0.6) is 0 Å². The van der Waals surface area contributed by atoms with Gasteiger partial charge in [-0.1, -0.05) is 0 Å². The molecule has 7 nitrogen and oxygen atoms in total. The Kier molecular flexibility index (Phi) is 4.66. The van der Waals surface area contributed by atoms with Gasteiger partial charge >= 0.3 is 5.97 Å². The van der Waals surface area contributed by atoms with Crippen molar-refractivity contribution in [2.24, 2.45) is 5.92 Å².